The van der Waals surface area contributed by atoms with E-state index in [1.807, 2.05) is 0 Å². The third kappa shape index (κ3) is 1.90. The van der Waals surface area contributed by atoms with Crippen LogP contribution in [0.4, 0.5) is 0 Å². The monoisotopic (exact) mass is 162 g/mol. The van der Waals surface area contributed by atoms with Crippen molar-refractivity contribution in [2.75, 3.05) is 20.3 Å². The first kappa shape index (κ1) is 8.93. The fourth-order valence-electron chi connectivity index (χ4n) is 1.30. The summed E-state index contributed by atoms with van der Waals surface area (Å²) in [6.07, 6.45) is 0.146. The largest absolute Gasteiger partial charge is 0.396 e. The zero-order chi connectivity index (χ0) is 8.27. The molecule has 0 aromatic heterocycles. The van der Waals surface area contributed by atoms with Crippen LogP contribution in [0, 0.1) is 5.92 Å². The maximum absolute atomic E-state index is 8.83. The Morgan fingerprint density at radius 1 is 1.45 bits per heavy atom. The van der Waals surface area contributed by atoms with E-state index in [1.165, 1.54) is 0 Å². The van der Waals surface area contributed by atoms with E-state index in [-0.39, 0.29) is 31.5 Å². The summed E-state index contributed by atoms with van der Waals surface area (Å²) in [5.41, 5.74) is 0. The molecule has 4 nitrogen and oxygen atoms in total. The molecule has 2 N–H and O–H groups in total. The molecule has 0 aliphatic carbocycles. The van der Waals surface area contributed by atoms with E-state index in [0.717, 1.165) is 0 Å². The van der Waals surface area contributed by atoms with E-state index in [4.69, 9.17) is 19.7 Å². The summed E-state index contributed by atoms with van der Waals surface area (Å²) in [5, 5.41) is 17.6. The zero-order valence-corrected chi connectivity index (χ0v) is 6.56. The van der Waals surface area contributed by atoms with E-state index in [1.54, 1.807) is 7.11 Å². The van der Waals surface area contributed by atoms with Crippen LogP contribution in [0.5, 0.6) is 0 Å². The molecule has 0 saturated carbocycles. The summed E-state index contributed by atoms with van der Waals surface area (Å²) in [6.45, 7) is -0.00380. The molecule has 4 heteroatoms. The molecule has 0 aromatic rings. The van der Waals surface area contributed by atoms with Gasteiger partial charge in [-0.15, -0.1) is 0 Å². The number of rotatable bonds is 3. The molecule has 3 atom stereocenters. The fourth-order valence-corrected chi connectivity index (χ4v) is 1.30. The molecule has 0 aromatic carbocycles. The first-order valence-electron chi connectivity index (χ1n) is 3.71. The third-order valence-corrected chi connectivity index (χ3v) is 2.02. The minimum absolute atomic E-state index is 0.0185. The molecule has 1 heterocycles. The molecule has 0 bridgehead atoms. The molecule has 1 fully saturated rings. The van der Waals surface area contributed by atoms with Gasteiger partial charge in [-0.25, -0.2) is 0 Å². The second kappa shape index (κ2) is 4.01. The van der Waals surface area contributed by atoms with Crippen LogP contribution in [0.15, 0.2) is 0 Å². The average molecular weight is 162 g/mol. The van der Waals surface area contributed by atoms with E-state index < -0.39 is 0 Å². The molecule has 1 rings (SSSR count). The number of hydrogen-bond acceptors (Lipinski definition) is 4. The van der Waals surface area contributed by atoms with E-state index in [0.29, 0.717) is 6.42 Å². The van der Waals surface area contributed by atoms with E-state index in [2.05, 4.69) is 0 Å². The molecule has 0 amide bonds. The van der Waals surface area contributed by atoms with Crippen molar-refractivity contribution < 1.29 is 19.7 Å². The third-order valence-electron chi connectivity index (χ3n) is 2.02. The topological polar surface area (TPSA) is 58.9 Å². The Kier molecular flexibility index (Phi) is 3.26. The Bertz CT molecular complexity index is 105. The van der Waals surface area contributed by atoms with Gasteiger partial charge in [0.2, 0.25) is 0 Å². The first-order valence-corrected chi connectivity index (χ1v) is 3.71. The van der Waals surface area contributed by atoms with Crippen molar-refractivity contribution in [1.29, 1.82) is 0 Å². The molecule has 1 aliphatic heterocycles. The minimum atomic E-state index is -0.260. The van der Waals surface area contributed by atoms with Gasteiger partial charge in [-0.3, -0.25) is 0 Å². The van der Waals surface area contributed by atoms with Gasteiger partial charge in [-0.05, 0) is 0 Å². The van der Waals surface area contributed by atoms with Crippen LogP contribution < -0.4 is 0 Å². The van der Waals surface area contributed by atoms with Crippen molar-refractivity contribution >= 4 is 0 Å². The molecule has 11 heavy (non-hydrogen) atoms. The van der Waals surface area contributed by atoms with Gasteiger partial charge in [-0.1, -0.05) is 0 Å². The lowest BCUT2D eigenvalue weighted by Crippen LogP contribution is -2.23. The summed E-state index contributed by atoms with van der Waals surface area (Å²) < 4.78 is 10.2. The number of methoxy groups -OCH3 is 1. The predicted octanol–water partition coefficient (Wildman–Crippen LogP) is -0.651. The highest BCUT2D eigenvalue weighted by Crippen LogP contribution is 2.25. The van der Waals surface area contributed by atoms with E-state index in [9.17, 15) is 0 Å². The Morgan fingerprint density at radius 3 is 2.55 bits per heavy atom. The van der Waals surface area contributed by atoms with Crippen LogP contribution in [0.3, 0.4) is 0 Å². The smallest absolute Gasteiger partial charge is 0.158 e. The van der Waals surface area contributed by atoms with Crippen molar-refractivity contribution in [3.05, 3.63) is 0 Å². The quantitative estimate of drug-likeness (QED) is 0.579. The van der Waals surface area contributed by atoms with Crippen LogP contribution in [0.1, 0.15) is 6.42 Å². The Balaban J connectivity index is 2.41. The standard InChI is InChI=1S/C7H14O4/c1-10-7-2-5(3-8)6(4-9)11-7/h5-9H,2-4H2,1H3/t5-,6+,7-/m0/s1. The number of ether oxygens (including phenoxy) is 2. The summed E-state index contributed by atoms with van der Waals surface area (Å²) >= 11 is 0. The lowest BCUT2D eigenvalue weighted by atomic mass is 10.0. The van der Waals surface area contributed by atoms with Gasteiger partial charge in [0.25, 0.3) is 0 Å². The SMILES string of the molecule is CO[C@@H]1C[C@@H](CO)[C@@H](CO)O1. The average Bonchev–Trinajstić information content (AvgIpc) is 2.46. The van der Waals surface area contributed by atoms with E-state index >= 15 is 0 Å². The summed E-state index contributed by atoms with van der Waals surface area (Å²) in [7, 11) is 1.55. The molecule has 1 aliphatic rings. The molecule has 0 unspecified atom stereocenters. The van der Waals surface area contributed by atoms with Gasteiger partial charge in [0, 0.05) is 26.1 Å². The Hall–Kier alpha value is -0.160. The summed E-state index contributed by atoms with van der Waals surface area (Å²) in [4.78, 5) is 0. The normalized spacial score (nSPS) is 37.9. The molecular formula is C7H14O4. The Labute approximate surface area is 65.7 Å². The van der Waals surface area contributed by atoms with Crippen LogP contribution >= 0.6 is 0 Å². The number of aliphatic hydroxyl groups excluding tert-OH is 2. The molecular weight excluding hydrogens is 148 g/mol. The highest BCUT2D eigenvalue weighted by molar-refractivity contribution is 4.77. The zero-order valence-electron chi connectivity index (χ0n) is 6.56. The Morgan fingerprint density at radius 2 is 2.18 bits per heavy atom. The van der Waals surface area contributed by atoms with Gasteiger partial charge in [-0.2, -0.15) is 0 Å². The second-order valence-corrected chi connectivity index (χ2v) is 2.70. The van der Waals surface area contributed by atoms with Crippen LogP contribution in [0.2, 0.25) is 0 Å². The van der Waals surface area contributed by atoms with Crippen molar-refractivity contribution in [3.8, 4) is 0 Å². The van der Waals surface area contributed by atoms with Gasteiger partial charge < -0.3 is 19.7 Å². The minimum Gasteiger partial charge on any atom is -0.396 e. The van der Waals surface area contributed by atoms with Crippen LogP contribution in [-0.2, 0) is 9.47 Å². The second-order valence-electron chi connectivity index (χ2n) is 2.70. The number of aliphatic hydroxyl groups is 2. The van der Waals surface area contributed by atoms with Crippen LogP contribution in [-0.4, -0.2) is 42.9 Å². The number of hydrogen-bond donors (Lipinski definition) is 2. The lowest BCUT2D eigenvalue weighted by molar-refractivity contribution is -0.125. The first-order chi connectivity index (χ1) is 5.31. The maximum Gasteiger partial charge on any atom is 0.158 e. The van der Waals surface area contributed by atoms with Crippen LogP contribution in [0.25, 0.3) is 0 Å². The predicted molar refractivity (Wildman–Crippen MR) is 37.9 cm³/mol. The van der Waals surface area contributed by atoms with Crippen molar-refractivity contribution in [3.63, 3.8) is 0 Å². The summed E-state index contributed by atoms with van der Waals surface area (Å²) in [5.74, 6) is 0.0185. The van der Waals surface area contributed by atoms with Crippen molar-refractivity contribution in [2.45, 2.75) is 18.8 Å². The molecule has 1 saturated heterocycles. The van der Waals surface area contributed by atoms with Crippen molar-refractivity contribution in [2.24, 2.45) is 5.92 Å². The molecule has 0 radical (unpaired) electrons. The van der Waals surface area contributed by atoms with Gasteiger partial charge in [0.05, 0.1) is 12.7 Å². The fraction of sp³-hybridized carbons (Fsp3) is 1.00. The van der Waals surface area contributed by atoms with Crippen molar-refractivity contribution in [1.82, 2.24) is 0 Å². The molecule has 0 spiro atoms. The highest BCUT2D eigenvalue weighted by Gasteiger charge is 2.33. The molecule has 66 valence electrons. The maximum atomic E-state index is 8.83. The lowest BCUT2D eigenvalue weighted by Gasteiger charge is -2.12. The summed E-state index contributed by atoms with van der Waals surface area (Å²) in [6, 6.07) is 0. The van der Waals surface area contributed by atoms with Gasteiger partial charge in [0.1, 0.15) is 0 Å². The highest BCUT2D eigenvalue weighted by atomic mass is 16.7. The van der Waals surface area contributed by atoms with Gasteiger partial charge >= 0.3 is 0 Å². The van der Waals surface area contributed by atoms with Gasteiger partial charge in [0.15, 0.2) is 6.29 Å².